The lowest BCUT2D eigenvalue weighted by Gasteiger charge is -2.36. The molecule has 0 amide bonds. The number of benzene rings is 4. The van der Waals surface area contributed by atoms with E-state index in [1.807, 2.05) is 121 Å². The second-order valence-corrected chi connectivity index (χ2v) is 10.0. The summed E-state index contributed by atoms with van der Waals surface area (Å²) < 4.78 is 24.8. The number of nitrogens with one attached hydrogen (secondary N) is 1. The first-order valence-electron chi connectivity index (χ1n) is 14.3. The van der Waals surface area contributed by atoms with E-state index in [-0.39, 0.29) is 12.6 Å². The summed E-state index contributed by atoms with van der Waals surface area (Å²) in [5.41, 5.74) is 4.15. The SMILES string of the molecule is C=C[C@@H](NCc1ccc(OC)cc1)[C@H](OCc1ccccc1)[C@@H](OCc1ccccc1)[C@@H](CO)OCc1ccccc1. The molecule has 6 heteroatoms. The van der Waals surface area contributed by atoms with Gasteiger partial charge in [0.25, 0.3) is 0 Å². The maximum absolute atomic E-state index is 10.6. The molecule has 0 unspecified atom stereocenters. The highest BCUT2D eigenvalue weighted by atomic mass is 16.6. The largest absolute Gasteiger partial charge is 0.497 e. The summed E-state index contributed by atoms with van der Waals surface area (Å²) in [5, 5.41) is 14.2. The van der Waals surface area contributed by atoms with Crippen LogP contribution in [0.25, 0.3) is 0 Å². The first-order chi connectivity index (χ1) is 20.7. The summed E-state index contributed by atoms with van der Waals surface area (Å²) in [4.78, 5) is 0. The third kappa shape index (κ3) is 9.65. The van der Waals surface area contributed by atoms with Gasteiger partial charge in [0.2, 0.25) is 0 Å². The van der Waals surface area contributed by atoms with Gasteiger partial charge in [-0.05, 0) is 34.4 Å². The summed E-state index contributed by atoms with van der Waals surface area (Å²) >= 11 is 0. The summed E-state index contributed by atoms with van der Waals surface area (Å²) in [7, 11) is 1.66. The molecule has 0 fully saturated rings. The number of hydrogen-bond acceptors (Lipinski definition) is 6. The molecule has 0 saturated heterocycles. The number of rotatable bonds is 18. The molecule has 0 bridgehead atoms. The van der Waals surface area contributed by atoms with E-state index in [9.17, 15) is 5.11 Å². The van der Waals surface area contributed by atoms with Gasteiger partial charge in [0.05, 0.1) is 39.6 Å². The van der Waals surface area contributed by atoms with Crippen molar-refractivity contribution in [2.24, 2.45) is 0 Å². The van der Waals surface area contributed by atoms with E-state index in [2.05, 4.69) is 11.9 Å². The Balaban J connectivity index is 1.59. The lowest BCUT2D eigenvalue weighted by Crippen LogP contribution is -2.53. The van der Waals surface area contributed by atoms with Crippen LogP contribution >= 0.6 is 0 Å². The minimum atomic E-state index is -0.653. The molecule has 6 nitrogen and oxygen atoms in total. The van der Waals surface area contributed by atoms with Gasteiger partial charge in [0.1, 0.15) is 24.1 Å². The highest BCUT2D eigenvalue weighted by Crippen LogP contribution is 2.22. The Morgan fingerprint density at radius 3 is 1.57 bits per heavy atom. The molecule has 0 spiro atoms. The lowest BCUT2D eigenvalue weighted by molar-refractivity contribution is -0.166. The summed E-state index contributed by atoms with van der Waals surface area (Å²) in [6.07, 6.45) is 0.0375. The van der Waals surface area contributed by atoms with Gasteiger partial charge in [0.15, 0.2) is 0 Å². The zero-order valence-electron chi connectivity index (χ0n) is 24.2. The molecule has 0 saturated carbocycles. The highest BCUT2D eigenvalue weighted by Gasteiger charge is 2.36. The molecule has 0 aromatic heterocycles. The van der Waals surface area contributed by atoms with Gasteiger partial charge >= 0.3 is 0 Å². The topological polar surface area (TPSA) is 69.2 Å². The van der Waals surface area contributed by atoms with Gasteiger partial charge in [-0.1, -0.05) is 109 Å². The van der Waals surface area contributed by atoms with E-state index >= 15 is 0 Å². The quantitative estimate of drug-likeness (QED) is 0.142. The van der Waals surface area contributed by atoms with Crippen LogP contribution in [0.2, 0.25) is 0 Å². The van der Waals surface area contributed by atoms with Crippen LogP contribution in [0.4, 0.5) is 0 Å². The van der Waals surface area contributed by atoms with Crippen LogP contribution < -0.4 is 10.1 Å². The van der Waals surface area contributed by atoms with Crippen LogP contribution in [-0.2, 0) is 40.6 Å². The maximum Gasteiger partial charge on any atom is 0.118 e. The van der Waals surface area contributed by atoms with Crippen molar-refractivity contribution in [2.45, 2.75) is 50.7 Å². The molecule has 42 heavy (non-hydrogen) atoms. The molecule has 0 aliphatic carbocycles. The fraction of sp³-hybridized carbons (Fsp3) is 0.278. The van der Waals surface area contributed by atoms with Crippen LogP contribution in [0.5, 0.6) is 5.75 Å². The minimum absolute atomic E-state index is 0.236. The van der Waals surface area contributed by atoms with Gasteiger partial charge < -0.3 is 29.4 Å². The standard InChI is InChI=1S/C36H41NO5/c1-3-33(37-23-28-19-21-32(39-2)22-20-28)35(41-26-30-15-9-5-10-16-30)36(42-27-31-17-11-6-12-18-31)34(24-38)40-25-29-13-7-4-8-14-29/h3-22,33-38H,1,23-27H2,2H3/t33-,34-,35+,36+/m1/s1. The van der Waals surface area contributed by atoms with Crippen molar-refractivity contribution in [3.8, 4) is 5.75 Å². The number of methoxy groups -OCH3 is 1. The van der Waals surface area contributed by atoms with E-state index < -0.39 is 18.3 Å². The number of ether oxygens (including phenoxy) is 4. The van der Waals surface area contributed by atoms with E-state index in [1.165, 1.54) is 0 Å². The van der Waals surface area contributed by atoms with Crippen molar-refractivity contribution in [3.05, 3.63) is 150 Å². The average Bonchev–Trinajstić information content (AvgIpc) is 3.06. The molecular weight excluding hydrogens is 526 g/mol. The monoisotopic (exact) mass is 567 g/mol. The van der Waals surface area contributed by atoms with Crippen molar-refractivity contribution in [3.63, 3.8) is 0 Å². The zero-order chi connectivity index (χ0) is 29.4. The fourth-order valence-corrected chi connectivity index (χ4v) is 4.69. The predicted octanol–water partition coefficient (Wildman–Crippen LogP) is 6.09. The van der Waals surface area contributed by atoms with E-state index in [1.54, 1.807) is 7.11 Å². The third-order valence-electron chi connectivity index (χ3n) is 7.06. The third-order valence-corrected chi connectivity index (χ3v) is 7.06. The van der Waals surface area contributed by atoms with Gasteiger partial charge in [-0.3, -0.25) is 0 Å². The first-order valence-corrected chi connectivity index (χ1v) is 14.3. The van der Waals surface area contributed by atoms with Gasteiger partial charge in [-0.15, -0.1) is 6.58 Å². The smallest absolute Gasteiger partial charge is 0.118 e. The molecule has 4 aromatic carbocycles. The van der Waals surface area contributed by atoms with Crippen LogP contribution in [0.15, 0.2) is 128 Å². The van der Waals surface area contributed by atoms with Gasteiger partial charge in [-0.2, -0.15) is 0 Å². The highest BCUT2D eigenvalue weighted by molar-refractivity contribution is 5.27. The van der Waals surface area contributed by atoms with Crippen molar-refractivity contribution in [1.29, 1.82) is 0 Å². The van der Waals surface area contributed by atoms with Crippen molar-refractivity contribution in [2.75, 3.05) is 13.7 Å². The number of aliphatic hydroxyl groups excluding tert-OH is 1. The molecule has 4 atom stereocenters. The summed E-state index contributed by atoms with van der Waals surface area (Å²) in [6, 6.07) is 37.5. The molecule has 220 valence electrons. The maximum atomic E-state index is 10.6. The fourth-order valence-electron chi connectivity index (χ4n) is 4.69. The summed E-state index contributed by atoms with van der Waals surface area (Å²) in [5.74, 6) is 0.804. The van der Waals surface area contributed by atoms with E-state index in [0.717, 1.165) is 28.0 Å². The Bertz CT molecular complexity index is 1280. The normalized spacial score (nSPS) is 14.0. The zero-order valence-corrected chi connectivity index (χ0v) is 24.2. The molecule has 4 rings (SSSR count). The van der Waals surface area contributed by atoms with Crippen molar-refractivity contribution >= 4 is 0 Å². The van der Waals surface area contributed by atoms with Crippen LogP contribution in [0.1, 0.15) is 22.3 Å². The Kier molecular flexibility index (Phi) is 12.8. The Labute approximate surface area is 249 Å². The van der Waals surface area contributed by atoms with Gasteiger partial charge in [-0.25, -0.2) is 0 Å². The number of aliphatic hydroxyl groups is 1. The minimum Gasteiger partial charge on any atom is -0.497 e. The van der Waals surface area contributed by atoms with Crippen molar-refractivity contribution < 1.29 is 24.1 Å². The van der Waals surface area contributed by atoms with E-state index in [4.69, 9.17) is 18.9 Å². The second kappa shape index (κ2) is 17.2. The van der Waals surface area contributed by atoms with Crippen LogP contribution in [0.3, 0.4) is 0 Å². The molecule has 0 heterocycles. The molecule has 0 aliphatic rings. The summed E-state index contributed by atoms with van der Waals surface area (Å²) in [6.45, 7) is 5.51. The molecule has 0 aliphatic heterocycles. The average molecular weight is 568 g/mol. The second-order valence-electron chi connectivity index (χ2n) is 10.0. The van der Waals surface area contributed by atoms with Gasteiger partial charge in [0, 0.05) is 6.54 Å². The Morgan fingerprint density at radius 2 is 1.12 bits per heavy atom. The van der Waals surface area contributed by atoms with E-state index in [0.29, 0.717) is 26.4 Å². The van der Waals surface area contributed by atoms with Crippen LogP contribution in [-0.4, -0.2) is 43.2 Å². The number of hydrogen-bond donors (Lipinski definition) is 2. The molecule has 2 N–H and O–H groups in total. The Morgan fingerprint density at radius 1 is 0.643 bits per heavy atom. The van der Waals surface area contributed by atoms with Crippen molar-refractivity contribution in [1.82, 2.24) is 5.32 Å². The van der Waals surface area contributed by atoms with Crippen LogP contribution in [0, 0.1) is 0 Å². The predicted molar refractivity (Wildman–Crippen MR) is 166 cm³/mol. The molecule has 4 aromatic rings. The molecular formula is C36H41NO5. The Hall–Kier alpha value is -3.78. The lowest BCUT2D eigenvalue weighted by atomic mass is 9.99. The molecule has 0 radical (unpaired) electrons. The first kappa shape index (κ1) is 31.2.